The number of para-hydroxylation sites is 2. The number of benzene rings is 2. The Bertz CT molecular complexity index is 880. The molecule has 0 aliphatic rings. The quantitative estimate of drug-likeness (QED) is 0.235. The fraction of sp³-hybridized carbons (Fsp3) is 0.250. The Hall–Kier alpha value is -1.84. The summed E-state index contributed by atoms with van der Waals surface area (Å²) < 4.78 is 5.83. The normalized spacial score (nSPS) is 11.2. The monoisotopic (exact) mass is 484 g/mol. The van der Waals surface area contributed by atoms with Crippen LogP contribution in [0.5, 0.6) is 0 Å². The third kappa shape index (κ3) is 8.12. The van der Waals surface area contributed by atoms with Crippen LogP contribution >= 0.6 is 20.2 Å². The second-order valence-corrected chi connectivity index (χ2v) is 8.39. The van der Waals surface area contributed by atoms with Crippen molar-refractivity contribution in [3.8, 4) is 0 Å². The van der Waals surface area contributed by atoms with Gasteiger partial charge in [-0.3, -0.25) is 9.98 Å². The first-order valence-electron chi connectivity index (χ1n) is 9.90. The summed E-state index contributed by atoms with van der Waals surface area (Å²) in [5, 5.41) is 0. The van der Waals surface area contributed by atoms with Crippen molar-refractivity contribution >= 4 is 44.0 Å². The molecule has 0 aliphatic heterocycles. The standard InChI is InChI=1S/C24H26N2O.2ClH.Fe/c1-3-9-19-11-5-7-13-23(19)25-17-21-15-16-22(27-21)18-26-24-14-8-6-12-20(24)10-4-2;;;/h5-8,11-18H,3-4,9-10H2,1-2H3;2*1H;/q;;;+2/p-2. The van der Waals surface area contributed by atoms with Crippen LogP contribution < -0.4 is 0 Å². The van der Waals surface area contributed by atoms with E-state index in [9.17, 15) is 0 Å². The maximum atomic E-state index is 5.83. The number of halogens is 2. The van der Waals surface area contributed by atoms with E-state index in [1.54, 1.807) is 12.4 Å². The van der Waals surface area contributed by atoms with Crippen LogP contribution in [-0.2, 0) is 26.0 Å². The predicted octanol–water partition coefficient (Wildman–Crippen LogP) is 8.06. The molecule has 0 N–H and O–H groups in total. The number of nitrogens with zero attached hydrogens (tertiary/aromatic N) is 2. The van der Waals surface area contributed by atoms with E-state index in [0.29, 0.717) is 0 Å². The number of furan rings is 1. The van der Waals surface area contributed by atoms with E-state index in [4.69, 9.17) is 24.6 Å². The van der Waals surface area contributed by atoms with Crippen LogP contribution in [0.2, 0.25) is 0 Å². The minimum atomic E-state index is 0.194. The molecule has 0 aliphatic carbocycles. The Balaban J connectivity index is 0.00000101. The molecule has 0 fully saturated rings. The van der Waals surface area contributed by atoms with Gasteiger partial charge in [-0.15, -0.1) is 0 Å². The molecule has 0 amide bonds. The summed E-state index contributed by atoms with van der Waals surface area (Å²) in [5.41, 5.74) is 4.52. The van der Waals surface area contributed by atoms with Crippen LogP contribution in [-0.4, -0.2) is 12.4 Å². The van der Waals surface area contributed by atoms with Gasteiger partial charge in [0.05, 0.1) is 23.8 Å². The fourth-order valence-corrected chi connectivity index (χ4v) is 3.01. The number of hydrogen-bond donors (Lipinski definition) is 0. The molecule has 0 unspecified atom stereocenters. The van der Waals surface area contributed by atoms with Crippen LogP contribution in [0.15, 0.2) is 75.1 Å². The summed E-state index contributed by atoms with van der Waals surface area (Å²) in [4.78, 5) is 9.20. The molecule has 160 valence electrons. The van der Waals surface area contributed by atoms with Crippen molar-refractivity contribution in [2.24, 2.45) is 9.98 Å². The van der Waals surface area contributed by atoms with E-state index >= 15 is 0 Å². The van der Waals surface area contributed by atoms with Crippen LogP contribution in [0.1, 0.15) is 49.3 Å². The summed E-state index contributed by atoms with van der Waals surface area (Å²) in [7, 11) is 9.53. The van der Waals surface area contributed by atoms with Crippen LogP contribution in [0.25, 0.3) is 0 Å². The zero-order valence-electron chi connectivity index (χ0n) is 17.2. The average Bonchev–Trinajstić information content (AvgIpc) is 3.21. The molecule has 3 nitrogen and oxygen atoms in total. The van der Waals surface area contributed by atoms with Gasteiger partial charge >= 0.3 is 33.3 Å². The Kier molecular flexibility index (Phi) is 11.6. The summed E-state index contributed by atoms with van der Waals surface area (Å²) in [5.74, 6) is 1.45. The van der Waals surface area contributed by atoms with Crippen molar-refractivity contribution < 1.29 is 17.6 Å². The molecule has 0 radical (unpaired) electrons. The van der Waals surface area contributed by atoms with E-state index in [0.717, 1.165) is 48.6 Å². The molecule has 1 heterocycles. The molecular formula is C24H26Cl2FeN2O. The number of aliphatic imine (C=N–C) groups is 2. The van der Waals surface area contributed by atoms with Gasteiger partial charge in [-0.2, -0.15) is 0 Å². The molecule has 30 heavy (non-hydrogen) atoms. The Morgan fingerprint density at radius 3 is 1.53 bits per heavy atom. The van der Waals surface area contributed by atoms with Gasteiger partial charge in [0, 0.05) is 0 Å². The molecule has 2 aromatic carbocycles. The molecule has 0 bridgehead atoms. The zero-order chi connectivity index (χ0) is 21.6. The first kappa shape index (κ1) is 24.4. The molecule has 0 saturated heterocycles. The molecule has 6 heteroatoms. The maximum absolute atomic E-state index is 5.83. The number of hydrogen-bond acceptors (Lipinski definition) is 3. The molecular weight excluding hydrogens is 459 g/mol. The van der Waals surface area contributed by atoms with Crippen molar-refractivity contribution in [1.82, 2.24) is 0 Å². The molecule has 0 saturated carbocycles. The van der Waals surface area contributed by atoms with Crippen LogP contribution in [0.4, 0.5) is 11.4 Å². The molecule has 1 aromatic heterocycles. The van der Waals surface area contributed by atoms with Gasteiger partial charge in [-0.25, -0.2) is 0 Å². The van der Waals surface area contributed by atoms with Gasteiger partial charge in [-0.1, -0.05) is 63.1 Å². The van der Waals surface area contributed by atoms with Gasteiger partial charge in [-0.05, 0) is 48.2 Å². The average molecular weight is 485 g/mol. The molecule has 3 aromatic rings. The molecule has 0 spiro atoms. The van der Waals surface area contributed by atoms with Gasteiger partial charge < -0.3 is 4.42 Å². The van der Waals surface area contributed by atoms with E-state index < -0.39 is 0 Å². The summed E-state index contributed by atoms with van der Waals surface area (Å²) in [6.07, 6.45) is 7.82. The second-order valence-electron chi connectivity index (χ2n) is 6.56. The van der Waals surface area contributed by atoms with Gasteiger partial charge in [0.1, 0.15) is 11.5 Å². The third-order valence-electron chi connectivity index (χ3n) is 4.33. The van der Waals surface area contributed by atoms with E-state index in [1.165, 1.54) is 11.1 Å². The van der Waals surface area contributed by atoms with Gasteiger partial charge in [0.15, 0.2) is 0 Å². The predicted molar refractivity (Wildman–Crippen MR) is 126 cm³/mol. The minimum absolute atomic E-state index is 0.194. The number of aryl methyl sites for hydroxylation is 2. The third-order valence-corrected chi connectivity index (χ3v) is 4.33. The van der Waals surface area contributed by atoms with Crippen molar-refractivity contribution in [2.75, 3.05) is 0 Å². The summed E-state index contributed by atoms with van der Waals surface area (Å²) in [6, 6.07) is 20.3. The first-order chi connectivity index (χ1) is 14.7. The Morgan fingerprint density at radius 1 is 0.733 bits per heavy atom. The van der Waals surface area contributed by atoms with E-state index in [1.807, 2.05) is 36.4 Å². The Labute approximate surface area is 193 Å². The van der Waals surface area contributed by atoms with Crippen molar-refractivity contribution in [3.63, 3.8) is 0 Å². The van der Waals surface area contributed by atoms with Crippen molar-refractivity contribution in [2.45, 2.75) is 39.5 Å². The van der Waals surface area contributed by atoms with Crippen molar-refractivity contribution in [3.05, 3.63) is 83.3 Å². The fourth-order valence-electron chi connectivity index (χ4n) is 3.01. The number of rotatable bonds is 8. The van der Waals surface area contributed by atoms with Gasteiger partial charge in [0.25, 0.3) is 0 Å². The zero-order valence-corrected chi connectivity index (χ0v) is 19.8. The summed E-state index contributed by atoms with van der Waals surface area (Å²) >= 11 is 0.194. The van der Waals surface area contributed by atoms with Crippen molar-refractivity contribution in [1.29, 1.82) is 0 Å². The van der Waals surface area contributed by atoms with Gasteiger partial charge in [0.2, 0.25) is 0 Å². The molecule has 3 rings (SSSR count). The second kappa shape index (κ2) is 14.2. The van der Waals surface area contributed by atoms with E-state index in [-0.39, 0.29) is 13.1 Å². The summed E-state index contributed by atoms with van der Waals surface area (Å²) in [6.45, 7) is 4.36. The molecule has 0 atom stereocenters. The Morgan fingerprint density at radius 2 is 1.13 bits per heavy atom. The van der Waals surface area contributed by atoms with Crippen LogP contribution in [0, 0.1) is 0 Å². The van der Waals surface area contributed by atoms with Crippen LogP contribution in [0.3, 0.4) is 0 Å². The van der Waals surface area contributed by atoms with E-state index in [2.05, 4.69) is 48.1 Å². The SMILES string of the molecule is CCCc1ccccc1N=Cc1ccc(C=Nc2ccccc2CCC)o1.[Cl][Fe][Cl]. The topological polar surface area (TPSA) is 37.9 Å². The first-order valence-corrected chi connectivity index (χ1v) is 12.9.